The van der Waals surface area contributed by atoms with Gasteiger partial charge in [-0.3, -0.25) is 9.48 Å². The zero-order valence-electron chi connectivity index (χ0n) is 9.66. The van der Waals surface area contributed by atoms with E-state index >= 15 is 0 Å². The Balaban J connectivity index is 1.95. The van der Waals surface area contributed by atoms with Gasteiger partial charge in [-0.2, -0.15) is 5.10 Å². The smallest absolute Gasteiger partial charge is 0.242 e. The minimum atomic E-state index is -0.340. The van der Waals surface area contributed by atoms with Gasteiger partial charge in [-0.1, -0.05) is 0 Å². The van der Waals surface area contributed by atoms with Gasteiger partial charge < -0.3 is 10.4 Å². The number of carbonyl (C=O) groups excluding carboxylic acids is 1. The summed E-state index contributed by atoms with van der Waals surface area (Å²) in [5.74, 6) is -0.0854. The largest absolute Gasteiger partial charge is 0.394 e. The minimum Gasteiger partial charge on any atom is -0.394 e. The summed E-state index contributed by atoms with van der Waals surface area (Å²) in [6.07, 6.45) is 1.73. The summed E-state index contributed by atoms with van der Waals surface area (Å²) in [6, 6.07) is 1.94. The third-order valence-corrected chi connectivity index (χ3v) is 2.96. The van der Waals surface area contributed by atoms with Crippen LogP contribution in [0.25, 0.3) is 0 Å². The minimum absolute atomic E-state index is 0.0237. The molecule has 2 N–H and O–H groups in total. The third kappa shape index (κ3) is 2.24. The SMILES string of the molecule is Cc1cc(C)n(CC(=O)NC2(CO)CC2)n1. The van der Waals surface area contributed by atoms with Crippen LogP contribution < -0.4 is 5.32 Å². The Morgan fingerprint density at radius 1 is 1.62 bits per heavy atom. The van der Waals surface area contributed by atoms with E-state index < -0.39 is 0 Å². The van der Waals surface area contributed by atoms with Gasteiger partial charge in [0.25, 0.3) is 0 Å². The maximum atomic E-state index is 11.7. The van der Waals surface area contributed by atoms with Crippen molar-refractivity contribution in [1.82, 2.24) is 15.1 Å². The number of aryl methyl sites for hydroxylation is 2. The van der Waals surface area contributed by atoms with Crippen LogP contribution in [0.5, 0.6) is 0 Å². The molecule has 1 aliphatic carbocycles. The summed E-state index contributed by atoms with van der Waals surface area (Å²) in [5, 5.41) is 16.2. The Morgan fingerprint density at radius 3 is 2.75 bits per heavy atom. The highest BCUT2D eigenvalue weighted by molar-refractivity contribution is 5.77. The van der Waals surface area contributed by atoms with Gasteiger partial charge in [-0.05, 0) is 32.8 Å². The fraction of sp³-hybridized carbons (Fsp3) is 0.636. The summed E-state index contributed by atoms with van der Waals surface area (Å²) in [4.78, 5) is 11.7. The van der Waals surface area contributed by atoms with Crippen molar-refractivity contribution in [3.63, 3.8) is 0 Å². The lowest BCUT2D eigenvalue weighted by molar-refractivity contribution is -0.123. The number of aliphatic hydroxyl groups is 1. The van der Waals surface area contributed by atoms with E-state index in [1.165, 1.54) is 0 Å². The maximum absolute atomic E-state index is 11.7. The van der Waals surface area contributed by atoms with Crippen LogP contribution in [0, 0.1) is 13.8 Å². The summed E-state index contributed by atoms with van der Waals surface area (Å²) in [7, 11) is 0. The van der Waals surface area contributed by atoms with Crippen molar-refractivity contribution in [3.05, 3.63) is 17.5 Å². The van der Waals surface area contributed by atoms with E-state index in [-0.39, 0.29) is 24.6 Å². The Kier molecular flexibility index (Phi) is 2.71. The number of carbonyl (C=O) groups is 1. The number of aromatic nitrogens is 2. The van der Waals surface area contributed by atoms with Gasteiger partial charge in [0.15, 0.2) is 0 Å². The maximum Gasteiger partial charge on any atom is 0.242 e. The van der Waals surface area contributed by atoms with Crippen molar-refractivity contribution in [3.8, 4) is 0 Å². The number of amides is 1. The number of nitrogens with one attached hydrogen (secondary N) is 1. The average molecular weight is 223 g/mol. The van der Waals surface area contributed by atoms with Gasteiger partial charge >= 0.3 is 0 Å². The lowest BCUT2D eigenvalue weighted by atomic mass is 10.3. The first-order valence-electron chi connectivity index (χ1n) is 5.48. The molecule has 16 heavy (non-hydrogen) atoms. The normalized spacial score (nSPS) is 17.2. The van der Waals surface area contributed by atoms with Crippen molar-refractivity contribution in [2.75, 3.05) is 6.61 Å². The first-order chi connectivity index (χ1) is 7.54. The summed E-state index contributed by atoms with van der Waals surface area (Å²) in [5.41, 5.74) is 1.54. The Bertz CT molecular complexity index is 407. The Labute approximate surface area is 94.5 Å². The van der Waals surface area contributed by atoms with E-state index in [1.807, 2.05) is 19.9 Å². The highest BCUT2D eigenvalue weighted by Gasteiger charge is 2.43. The number of rotatable bonds is 4. The van der Waals surface area contributed by atoms with Crippen LogP contribution in [-0.2, 0) is 11.3 Å². The van der Waals surface area contributed by atoms with Crippen molar-refractivity contribution < 1.29 is 9.90 Å². The number of nitrogens with zero attached hydrogens (tertiary/aromatic N) is 2. The molecule has 1 fully saturated rings. The standard InChI is InChI=1S/C11H17N3O2/c1-8-5-9(2)14(13-8)6-10(16)12-11(7-15)3-4-11/h5,15H,3-4,6-7H2,1-2H3,(H,12,16). The molecule has 1 amide bonds. The zero-order chi connectivity index (χ0) is 11.8. The summed E-state index contributed by atoms with van der Waals surface area (Å²) in [6.45, 7) is 4.07. The van der Waals surface area contributed by atoms with Crippen LogP contribution in [-0.4, -0.2) is 32.9 Å². The predicted molar refractivity (Wildman–Crippen MR) is 58.9 cm³/mol. The average Bonchev–Trinajstić information content (AvgIpc) is 2.90. The molecule has 0 saturated heterocycles. The molecule has 88 valence electrons. The fourth-order valence-electron chi connectivity index (χ4n) is 1.78. The Morgan fingerprint density at radius 2 is 2.31 bits per heavy atom. The second-order valence-electron chi connectivity index (χ2n) is 4.57. The van der Waals surface area contributed by atoms with Crippen molar-refractivity contribution in [2.45, 2.75) is 38.8 Å². The number of aliphatic hydroxyl groups excluding tert-OH is 1. The van der Waals surface area contributed by atoms with Crippen molar-refractivity contribution >= 4 is 5.91 Å². The number of hydrogen-bond donors (Lipinski definition) is 2. The van der Waals surface area contributed by atoms with Crippen LogP contribution in [0.15, 0.2) is 6.07 Å². The van der Waals surface area contributed by atoms with E-state index in [0.29, 0.717) is 0 Å². The van der Waals surface area contributed by atoms with Crippen molar-refractivity contribution in [2.24, 2.45) is 0 Å². The molecule has 0 spiro atoms. The molecule has 5 nitrogen and oxygen atoms in total. The molecule has 0 atom stereocenters. The third-order valence-electron chi connectivity index (χ3n) is 2.96. The lowest BCUT2D eigenvalue weighted by Crippen LogP contribution is -2.41. The highest BCUT2D eigenvalue weighted by Crippen LogP contribution is 2.34. The monoisotopic (exact) mass is 223 g/mol. The molecule has 0 radical (unpaired) electrons. The van der Waals surface area contributed by atoms with E-state index in [1.54, 1.807) is 4.68 Å². The van der Waals surface area contributed by atoms with Gasteiger partial charge in [0.2, 0.25) is 5.91 Å². The van der Waals surface area contributed by atoms with E-state index in [0.717, 1.165) is 24.2 Å². The van der Waals surface area contributed by atoms with E-state index in [9.17, 15) is 4.79 Å². The highest BCUT2D eigenvalue weighted by atomic mass is 16.3. The van der Waals surface area contributed by atoms with Gasteiger partial charge in [-0.25, -0.2) is 0 Å². The Hall–Kier alpha value is -1.36. The summed E-state index contributed by atoms with van der Waals surface area (Å²) >= 11 is 0. The molecule has 1 heterocycles. The van der Waals surface area contributed by atoms with Crippen LogP contribution in [0.4, 0.5) is 0 Å². The second-order valence-corrected chi connectivity index (χ2v) is 4.57. The molecule has 1 aromatic rings. The zero-order valence-corrected chi connectivity index (χ0v) is 9.66. The van der Waals surface area contributed by atoms with Crippen molar-refractivity contribution in [1.29, 1.82) is 0 Å². The fourth-order valence-corrected chi connectivity index (χ4v) is 1.78. The van der Waals surface area contributed by atoms with Gasteiger partial charge in [0.05, 0.1) is 17.8 Å². The lowest BCUT2D eigenvalue weighted by Gasteiger charge is -2.14. The predicted octanol–water partition coefficient (Wildman–Crippen LogP) is 0.141. The first kappa shape index (κ1) is 11.1. The molecule has 5 heteroatoms. The van der Waals surface area contributed by atoms with E-state index in [2.05, 4.69) is 10.4 Å². The molecule has 0 aromatic carbocycles. The van der Waals surface area contributed by atoms with E-state index in [4.69, 9.17) is 5.11 Å². The van der Waals surface area contributed by atoms with Crippen LogP contribution >= 0.6 is 0 Å². The molecule has 0 unspecified atom stereocenters. The molecule has 1 saturated carbocycles. The second kappa shape index (κ2) is 3.90. The molecular formula is C11H17N3O2. The molecule has 0 aliphatic heterocycles. The van der Waals surface area contributed by atoms with Gasteiger partial charge in [-0.15, -0.1) is 0 Å². The quantitative estimate of drug-likeness (QED) is 0.763. The van der Waals surface area contributed by atoms with Gasteiger partial charge in [0, 0.05) is 5.69 Å². The molecular weight excluding hydrogens is 206 g/mol. The molecule has 1 aromatic heterocycles. The summed E-state index contributed by atoms with van der Waals surface area (Å²) < 4.78 is 1.68. The molecule has 1 aliphatic rings. The molecule has 2 rings (SSSR count). The topological polar surface area (TPSA) is 67.2 Å². The number of hydrogen-bond acceptors (Lipinski definition) is 3. The first-order valence-corrected chi connectivity index (χ1v) is 5.48. The van der Waals surface area contributed by atoms with Gasteiger partial charge in [0.1, 0.15) is 6.54 Å². The molecule has 0 bridgehead atoms. The van der Waals surface area contributed by atoms with Crippen LogP contribution in [0.1, 0.15) is 24.2 Å². The van der Waals surface area contributed by atoms with Crippen LogP contribution in [0.3, 0.4) is 0 Å². The van der Waals surface area contributed by atoms with Crippen LogP contribution in [0.2, 0.25) is 0 Å².